The van der Waals surface area contributed by atoms with Gasteiger partial charge in [0.1, 0.15) is 39.9 Å². The number of rotatable bonds is 7. The molecule has 0 unspecified atom stereocenters. The van der Waals surface area contributed by atoms with E-state index in [1.54, 1.807) is 13.8 Å². The fourth-order valence-electron chi connectivity index (χ4n) is 6.39. The molecule has 2 aromatic carbocycles. The summed E-state index contributed by atoms with van der Waals surface area (Å²) in [6, 6.07) is 1.41. The summed E-state index contributed by atoms with van der Waals surface area (Å²) in [6.45, 7) is 14.5. The van der Waals surface area contributed by atoms with E-state index in [1.165, 1.54) is 26.2 Å². The second kappa shape index (κ2) is 10.1. The number of fused-ring (bicyclic) bond motifs is 6. The van der Waals surface area contributed by atoms with Crippen LogP contribution in [0.3, 0.4) is 0 Å². The molecule has 0 aliphatic carbocycles. The van der Waals surface area contributed by atoms with Crippen LogP contribution in [0.2, 0.25) is 0 Å². The molecule has 0 fully saturated rings. The summed E-state index contributed by atoms with van der Waals surface area (Å²) in [5, 5.41) is 31.7. The molecule has 1 aromatic heterocycles. The molecule has 3 heterocycles. The molecular weight excluding hydrogens is 568 g/mol. The van der Waals surface area contributed by atoms with Crippen molar-refractivity contribution in [1.82, 2.24) is 0 Å². The van der Waals surface area contributed by atoms with Crippen molar-refractivity contribution in [3.05, 3.63) is 61.8 Å². The highest BCUT2D eigenvalue weighted by atomic mass is 16.6. The van der Waals surface area contributed by atoms with E-state index in [4.69, 9.17) is 18.6 Å². The molecule has 0 bridgehead atoms. The molecule has 10 heteroatoms. The zero-order valence-corrected chi connectivity index (χ0v) is 26.4. The standard InChI is InChI=1S/C34H38O10/c1-15(2)10-11-18-25(35)21-26(36)19-14-20(41-9)22-23(28(19)43-29(21)24-27(18)42-17(4)32(24,5)6)33(7,8)44-34(22,31(39)40)13-12-16(3)30(37)38/h10,12,14,17,35H,11,13H2,1-9H3,(H,37,38)(H,39,40)/b16-12+/t17-,34+/m1/s1. The van der Waals surface area contributed by atoms with E-state index < -0.39 is 34.0 Å². The highest BCUT2D eigenvalue weighted by Gasteiger charge is 2.57. The van der Waals surface area contributed by atoms with Gasteiger partial charge in [-0.3, -0.25) is 4.79 Å². The van der Waals surface area contributed by atoms with Crippen molar-refractivity contribution in [2.45, 2.75) is 91.0 Å². The topological polar surface area (TPSA) is 153 Å². The van der Waals surface area contributed by atoms with Crippen LogP contribution in [0.5, 0.6) is 17.2 Å². The zero-order chi connectivity index (χ0) is 32.7. The van der Waals surface area contributed by atoms with Gasteiger partial charge in [0, 0.05) is 39.7 Å². The molecule has 3 aromatic rings. The summed E-state index contributed by atoms with van der Waals surface area (Å²) < 4.78 is 24.9. The molecule has 0 amide bonds. The number of aliphatic carboxylic acids is 2. The van der Waals surface area contributed by atoms with E-state index in [-0.39, 0.29) is 57.1 Å². The first-order valence-electron chi connectivity index (χ1n) is 14.4. The van der Waals surface area contributed by atoms with Gasteiger partial charge in [-0.15, -0.1) is 0 Å². The Bertz CT molecular complexity index is 1880. The highest BCUT2D eigenvalue weighted by Crippen LogP contribution is 2.57. The average Bonchev–Trinajstić information content (AvgIpc) is 3.32. The summed E-state index contributed by atoms with van der Waals surface area (Å²) in [6.07, 6.45) is 2.95. The van der Waals surface area contributed by atoms with E-state index in [1.807, 2.05) is 40.7 Å². The van der Waals surface area contributed by atoms with E-state index in [0.29, 0.717) is 28.9 Å². The molecule has 44 heavy (non-hydrogen) atoms. The number of ether oxygens (including phenoxy) is 3. The van der Waals surface area contributed by atoms with Gasteiger partial charge in [-0.05, 0) is 54.0 Å². The second-order valence-electron chi connectivity index (χ2n) is 13.0. The lowest BCUT2D eigenvalue weighted by molar-refractivity contribution is -0.182. The fraction of sp³-hybridized carbons (Fsp3) is 0.441. The van der Waals surface area contributed by atoms with Gasteiger partial charge in [-0.2, -0.15) is 0 Å². The Hall–Kier alpha value is -4.31. The van der Waals surface area contributed by atoms with Crippen LogP contribution in [0.15, 0.2) is 38.6 Å². The third kappa shape index (κ3) is 4.29. The van der Waals surface area contributed by atoms with Crippen molar-refractivity contribution in [2.75, 3.05) is 7.11 Å². The fourth-order valence-corrected chi connectivity index (χ4v) is 6.39. The molecule has 0 radical (unpaired) electrons. The van der Waals surface area contributed by atoms with E-state index in [2.05, 4.69) is 0 Å². The first-order chi connectivity index (χ1) is 20.4. The van der Waals surface area contributed by atoms with E-state index in [9.17, 15) is 29.7 Å². The van der Waals surface area contributed by atoms with Gasteiger partial charge in [0.05, 0.1) is 18.1 Å². The molecule has 3 N–H and O–H groups in total. The molecule has 0 saturated carbocycles. The van der Waals surface area contributed by atoms with E-state index >= 15 is 0 Å². The number of methoxy groups -OCH3 is 1. The first kappa shape index (κ1) is 31.1. The van der Waals surface area contributed by atoms with Gasteiger partial charge < -0.3 is 33.9 Å². The van der Waals surface area contributed by atoms with E-state index in [0.717, 1.165) is 5.57 Å². The monoisotopic (exact) mass is 606 g/mol. The molecule has 2 aliphatic rings. The Morgan fingerprint density at radius 3 is 2.25 bits per heavy atom. The van der Waals surface area contributed by atoms with Crippen molar-refractivity contribution < 1.29 is 43.5 Å². The van der Waals surface area contributed by atoms with Gasteiger partial charge in [0.15, 0.2) is 5.60 Å². The van der Waals surface area contributed by atoms with Gasteiger partial charge in [-0.1, -0.05) is 31.6 Å². The third-order valence-corrected chi connectivity index (χ3v) is 9.10. The summed E-state index contributed by atoms with van der Waals surface area (Å²) in [5.74, 6) is -2.26. The molecule has 5 rings (SSSR count). The van der Waals surface area contributed by atoms with Crippen LogP contribution in [0.1, 0.15) is 84.1 Å². The Morgan fingerprint density at radius 1 is 1.02 bits per heavy atom. The average molecular weight is 607 g/mol. The first-order valence-corrected chi connectivity index (χ1v) is 14.4. The Morgan fingerprint density at radius 2 is 1.68 bits per heavy atom. The highest BCUT2D eigenvalue weighted by molar-refractivity contribution is 6.01. The van der Waals surface area contributed by atoms with Crippen LogP contribution < -0.4 is 14.9 Å². The van der Waals surface area contributed by atoms with Crippen LogP contribution >= 0.6 is 0 Å². The Labute approximate surface area is 254 Å². The molecule has 0 saturated heterocycles. The van der Waals surface area contributed by atoms with Crippen molar-refractivity contribution in [3.8, 4) is 17.2 Å². The molecule has 2 atom stereocenters. The second-order valence-corrected chi connectivity index (χ2v) is 13.0. The lowest BCUT2D eigenvalue weighted by Gasteiger charge is -2.28. The molecule has 2 aliphatic heterocycles. The third-order valence-electron chi connectivity index (χ3n) is 9.10. The minimum absolute atomic E-state index is 0.00224. The Balaban J connectivity index is 1.97. The predicted molar refractivity (Wildman–Crippen MR) is 164 cm³/mol. The molecule has 10 nitrogen and oxygen atoms in total. The molecule has 234 valence electrons. The van der Waals surface area contributed by atoms with Crippen molar-refractivity contribution in [1.29, 1.82) is 0 Å². The number of benzene rings is 2. The minimum Gasteiger partial charge on any atom is -0.507 e. The number of carboxylic acids is 2. The van der Waals surface area contributed by atoms with Crippen LogP contribution in [0.4, 0.5) is 0 Å². The number of carbonyl (C=O) groups is 2. The number of hydrogen-bond acceptors (Lipinski definition) is 8. The summed E-state index contributed by atoms with van der Waals surface area (Å²) in [5.41, 5.74) is -1.70. The Kier molecular flexibility index (Phi) is 7.16. The van der Waals surface area contributed by atoms with Crippen LogP contribution in [0.25, 0.3) is 21.9 Å². The van der Waals surface area contributed by atoms with Gasteiger partial charge in [-0.25, -0.2) is 9.59 Å². The van der Waals surface area contributed by atoms with Crippen LogP contribution in [-0.4, -0.2) is 40.5 Å². The number of aromatic hydroxyl groups is 1. The van der Waals surface area contributed by atoms with Gasteiger partial charge in [0.25, 0.3) is 0 Å². The predicted octanol–water partition coefficient (Wildman–Crippen LogP) is 6.19. The summed E-state index contributed by atoms with van der Waals surface area (Å²) in [7, 11) is 1.35. The van der Waals surface area contributed by atoms with Crippen molar-refractivity contribution in [2.24, 2.45) is 0 Å². The number of hydrogen-bond donors (Lipinski definition) is 3. The maximum atomic E-state index is 14.4. The molecule has 0 spiro atoms. The number of carboxylic acid groups (broad SMARTS) is 2. The van der Waals surface area contributed by atoms with Crippen molar-refractivity contribution >= 4 is 33.9 Å². The smallest absolute Gasteiger partial charge is 0.341 e. The maximum absolute atomic E-state index is 14.4. The minimum atomic E-state index is -2.04. The normalized spacial score (nSPS) is 21.6. The van der Waals surface area contributed by atoms with Gasteiger partial charge >= 0.3 is 11.9 Å². The zero-order valence-electron chi connectivity index (χ0n) is 26.4. The largest absolute Gasteiger partial charge is 0.507 e. The maximum Gasteiger partial charge on any atom is 0.341 e. The quantitative estimate of drug-likeness (QED) is 0.161. The van der Waals surface area contributed by atoms with Gasteiger partial charge in [0.2, 0.25) is 5.43 Å². The van der Waals surface area contributed by atoms with Crippen LogP contribution in [-0.2, 0) is 37.4 Å². The summed E-state index contributed by atoms with van der Waals surface area (Å²) in [4.78, 5) is 38.9. The number of allylic oxidation sites excluding steroid dienone is 2. The lowest BCUT2D eigenvalue weighted by atomic mass is 9.79. The summed E-state index contributed by atoms with van der Waals surface area (Å²) >= 11 is 0. The number of phenols is 1. The number of phenolic OH excluding ortho intramolecular Hbond substituents is 1. The van der Waals surface area contributed by atoms with Crippen LogP contribution in [0, 0.1) is 0 Å². The molecular formula is C34H38O10. The lowest BCUT2D eigenvalue weighted by Crippen LogP contribution is -2.37. The van der Waals surface area contributed by atoms with Crippen molar-refractivity contribution in [3.63, 3.8) is 0 Å². The SMILES string of the molecule is COc1cc2c(=O)c3c(O)c(CC=C(C)C)c4c(c3oc2c2c1[C@@](C/C=C(\C)C(=O)O)(C(=O)O)OC2(C)C)C(C)(C)[C@@H](C)O4.